The first-order valence-electron chi connectivity index (χ1n) is 5.52. The molecule has 0 unspecified atom stereocenters. The first-order chi connectivity index (χ1) is 6.57. The van der Waals surface area contributed by atoms with E-state index in [0.717, 1.165) is 26.1 Å². The van der Waals surface area contributed by atoms with Gasteiger partial charge >= 0.3 is 0 Å². The lowest BCUT2D eigenvalue weighted by Crippen LogP contribution is -2.34. The minimum atomic E-state index is 0. The first kappa shape index (κ1) is 30.5. The van der Waals surface area contributed by atoms with E-state index in [1.807, 2.05) is 11.9 Å². The van der Waals surface area contributed by atoms with Gasteiger partial charge < -0.3 is 10.2 Å². The number of carbonyl (C=O) groups is 1. The van der Waals surface area contributed by atoms with E-state index in [4.69, 9.17) is 0 Å². The largest absolute Gasteiger partial charge is 0.344 e. The number of hydrogen-bond acceptors (Lipinski definition) is 2. The number of amides is 1. The molecule has 0 saturated heterocycles. The highest BCUT2D eigenvalue weighted by molar-refractivity contribution is 5.76. The molecule has 0 heterocycles. The molecule has 0 saturated carbocycles. The van der Waals surface area contributed by atoms with E-state index < -0.39 is 0 Å². The quantitative estimate of drug-likeness (QED) is 0.704. The number of hydrogen-bond donors (Lipinski definition) is 1. The van der Waals surface area contributed by atoms with Crippen molar-refractivity contribution in [3.8, 4) is 0 Å². The standard InChI is InChI=1S/C11H24N2O.4CH4/c1-5-6-12-7-8-13(4)11(14)9-10(2)3;;;;/h10,12H,5-9H2,1-4H3;4*1H4. The zero-order chi connectivity index (χ0) is 11.0. The van der Waals surface area contributed by atoms with Crippen molar-refractivity contribution in [1.82, 2.24) is 10.2 Å². The van der Waals surface area contributed by atoms with Gasteiger partial charge in [0.05, 0.1) is 0 Å². The smallest absolute Gasteiger partial charge is 0.222 e. The Balaban J connectivity index is -0.000000141. The Morgan fingerprint density at radius 2 is 1.61 bits per heavy atom. The topological polar surface area (TPSA) is 32.3 Å². The van der Waals surface area contributed by atoms with Crippen LogP contribution in [0.15, 0.2) is 0 Å². The molecule has 0 aliphatic rings. The fraction of sp³-hybridized carbons (Fsp3) is 0.933. The Kier molecular flexibility index (Phi) is 31.8. The molecule has 3 nitrogen and oxygen atoms in total. The van der Waals surface area contributed by atoms with Gasteiger partial charge in [0.2, 0.25) is 5.91 Å². The van der Waals surface area contributed by atoms with Crippen molar-refractivity contribution in [2.75, 3.05) is 26.7 Å². The Bertz CT molecular complexity index is 159. The van der Waals surface area contributed by atoms with Crippen molar-refractivity contribution < 1.29 is 4.79 Å². The molecular formula is C15H40N2O. The zero-order valence-corrected chi connectivity index (χ0v) is 9.97. The summed E-state index contributed by atoms with van der Waals surface area (Å²) in [6, 6.07) is 0. The average molecular weight is 264 g/mol. The lowest BCUT2D eigenvalue weighted by molar-refractivity contribution is -0.130. The highest BCUT2D eigenvalue weighted by Crippen LogP contribution is 2.01. The van der Waals surface area contributed by atoms with Crippen molar-refractivity contribution in [3.63, 3.8) is 0 Å². The van der Waals surface area contributed by atoms with Gasteiger partial charge in [-0.1, -0.05) is 50.5 Å². The van der Waals surface area contributed by atoms with E-state index in [9.17, 15) is 4.79 Å². The summed E-state index contributed by atoms with van der Waals surface area (Å²) in [6.45, 7) is 9.02. The predicted molar refractivity (Wildman–Crippen MR) is 87.2 cm³/mol. The van der Waals surface area contributed by atoms with Crippen LogP contribution in [0, 0.1) is 5.92 Å². The second kappa shape index (κ2) is 18.8. The van der Waals surface area contributed by atoms with Crippen LogP contribution < -0.4 is 5.32 Å². The maximum Gasteiger partial charge on any atom is 0.222 e. The van der Waals surface area contributed by atoms with Crippen LogP contribution in [-0.2, 0) is 4.79 Å². The molecule has 0 spiro atoms. The molecule has 0 aromatic heterocycles. The van der Waals surface area contributed by atoms with Crippen molar-refractivity contribution in [3.05, 3.63) is 0 Å². The van der Waals surface area contributed by atoms with Crippen molar-refractivity contribution in [2.24, 2.45) is 5.92 Å². The van der Waals surface area contributed by atoms with Crippen LogP contribution in [0.25, 0.3) is 0 Å². The number of rotatable bonds is 7. The Hall–Kier alpha value is -0.570. The van der Waals surface area contributed by atoms with Gasteiger partial charge in [-0.2, -0.15) is 0 Å². The minimum Gasteiger partial charge on any atom is -0.344 e. The van der Waals surface area contributed by atoms with Crippen LogP contribution in [0.1, 0.15) is 63.3 Å². The molecule has 3 heteroatoms. The van der Waals surface area contributed by atoms with Gasteiger partial charge in [-0.15, -0.1) is 0 Å². The molecule has 1 amide bonds. The van der Waals surface area contributed by atoms with E-state index >= 15 is 0 Å². The molecule has 0 aromatic carbocycles. The number of likely N-dealkylation sites (N-methyl/N-ethyl adjacent to an activating group) is 1. The summed E-state index contributed by atoms with van der Waals surface area (Å²) < 4.78 is 0. The monoisotopic (exact) mass is 264 g/mol. The summed E-state index contributed by atoms with van der Waals surface area (Å²) >= 11 is 0. The van der Waals surface area contributed by atoms with Crippen molar-refractivity contribution in [1.29, 1.82) is 0 Å². The summed E-state index contributed by atoms with van der Waals surface area (Å²) in [6.07, 6.45) is 1.80. The molecular weight excluding hydrogens is 224 g/mol. The number of carbonyl (C=O) groups excluding carboxylic acids is 1. The van der Waals surface area contributed by atoms with Gasteiger partial charge in [-0.25, -0.2) is 0 Å². The van der Waals surface area contributed by atoms with Gasteiger partial charge in [0.15, 0.2) is 0 Å². The lowest BCUT2D eigenvalue weighted by atomic mass is 10.1. The number of nitrogens with one attached hydrogen (secondary N) is 1. The maximum absolute atomic E-state index is 11.5. The summed E-state index contributed by atoms with van der Waals surface area (Å²) in [4.78, 5) is 13.3. The molecule has 0 rings (SSSR count). The third-order valence-corrected chi connectivity index (χ3v) is 2.06. The second-order valence-corrected chi connectivity index (χ2v) is 4.16. The highest BCUT2D eigenvalue weighted by Gasteiger charge is 2.09. The fourth-order valence-corrected chi connectivity index (χ4v) is 1.18. The van der Waals surface area contributed by atoms with Crippen LogP contribution in [0.2, 0.25) is 0 Å². The van der Waals surface area contributed by atoms with Gasteiger partial charge in [0.1, 0.15) is 0 Å². The van der Waals surface area contributed by atoms with Crippen LogP contribution in [0.4, 0.5) is 0 Å². The molecule has 0 aliphatic carbocycles. The Morgan fingerprint density at radius 3 is 2.00 bits per heavy atom. The second-order valence-electron chi connectivity index (χ2n) is 4.16. The third-order valence-electron chi connectivity index (χ3n) is 2.06. The van der Waals surface area contributed by atoms with Crippen molar-refractivity contribution >= 4 is 5.91 Å². The SMILES string of the molecule is C.C.C.C.CCCNCCN(C)C(=O)CC(C)C. The van der Waals surface area contributed by atoms with Gasteiger partial charge in [0, 0.05) is 26.6 Å². The molecule has 0 aromatic rings. The fourth-order valence-electron chi connectivity index (χ4n) is 1.18. The molecule has 0 atom stereocenters. The summed E-state index contributed by atoms with van der Waals surface area (Å²) in [5, 5.41) is 3.28. The molecule has 0 radical (unpaired) electrons. The maximum atomic E-state index is 11.5. The minimum absolute atomic E-state index is 0. The highest BCUT2D eigenvalue weighted by atomic mass is 16.2. The lowest BCUT2D eigenvalue weighted by Gasteiger charge is -2.18. The van der Waals surface area contributed by atoms with Crippen LogP contribution in [0.3, 0.4) is 0 Å². The molecule has 0 aliphatic heterocycles. The van der Waals surface area contributed by atoms with Gasteiger partial charge in [-0.05, 0) is 18.9 Å². The van der Waals surface area contributed by atoms with E-state index in [0.29, 0.717) is 12.3 Å². The summed E-state index contributed by atoms with van der Waals surface area (Å²) in [5.74, 6) is 0.701. The number of nitrogens with zero attached hydrogens (tertiary/aromatic N) is 1. The molecule has 116 valence electrons. The van der Waals surface area contributed by atoms with Crippen LogP contribution in [0.5, 0.6) is 0 Å². The zero-order valence-electron chi connectivity index (χ0n) is 9.97. The molecule has 0 bridgehead atoms. The van der Waals surface area contributed by atoms with E-state index in [1.165, 1.54) is 0 Å². The Morgan fingerprint density at radius 1 is 1.11 bits per heavy atom. The van der Waals surface area contributed by atoms with Crippen LogP contribution >= 0.6 is 0 Å². The van der Waals surface area contributed by atoms with Gasteiger partial charge in [0.25, 0.3) is 0 Å². The van der Waals surface area contributed by atoms with E-state index in [1.54, 1.807) is 0 Å². The normalized spacial score (nSPS) is 8.28. The summed E-state index contributed by atoms with van der Waals surface area (Å²) in [5.41, 5.74) is 0. The van der Waals surface area contributed by atoms with E-state index in [2.05, 4.69) is 26.1 Å². The van der Waals surface area contributed by atoms with E-state index in [-0.39, 0.29) is 35.6 Å². The Labute approximate surface area is 117 Å². The summed E-state index contributed by atoms with van der Waals surface area (Å²) in [7, 11) is 1.87. The van der Waals surface area contributed by atoms with Crippen LogP contribution in [-0.4, -0.2) is 37.5 Å². The third kappa shape index (κ3) is 17.8. The molecule has 1 N–H and O–H groups in total. The predicted octanol–water partition coefficient (Wildman–Crippen LogP) is 4.03. The first-order valence-corrected chi connectivity index (χ1v) is 5.52. The molecule has 18 heavy (non-hydrogen) atoms. The molecule has 0 fully saturated rings. The van der Waals surface area contributed by atoms with Gasteiger partial charge in [-0.3, -0.25) is 4.79 Å². The average Bonchev–Trinajstić information content (AvgIpc) is 2.11. The van der Waals surface area contributed by atoms with Crippen molar-refractivity contribution in [2.45, 2.75) is 63.3 Å².